The summed E-state index contributed by atoms with van der Waals surface area (Å²) >= 11 is 0. The highest BCUT2D eigenvalue weighted by Crippen LogP contribution is 2.16. The van der Waals surface area contributed by atoms with E-state index in [0.717, 1.165) is 42.8 Å². The van der Waals surface area contributed by atoms with Gasteiger partial charge in [0, 0.05) is 19.3 Å². The van der Waals surface area contributed by atoms with Crippen molar-refractivity contribution in [3.63, 3.8) is 0 Å². The number of carbonyl (C=O) groups excluding carboxylic acids is 1. The number of rotatable bonds is 4. The van der Waals surface area contributed by atoms with Gasteiger partial charge in [-0.15, -0.1) is 0 Å². The van der Waals surface area contributed by atoms with Crippen molar-refractivity contribution in [2.45, 2.75) is 39.2 Å². The first-order valence-electron chi connectivity index (χ1n) is 7.56. The molecule has 1 aliphatic heterocycles. The number of hydrogen-bond donors (Lipinski definition) is 1. The summed E-state index contributed by atoms with van der Waals surface area (Å²) in [5, 5.41) is 2.98. The fourth-order valence-corrected chi connectivity index (χ4v) is 2.78. The second-order valence-corrected chi connectivity index (χ2v) is 5.54. The molecule has 3 rings (SSSR count). The van der Waals surface area contributed by atoms with Gasteiger partial charge in [0.2, 0.25) is 0 Å². The second kappa shape index (κ2) is 5.85. The average molecular weight is 287 g/mol. The predicted octanol–water partition coefficient (Wildman–Crippen LogP) is 2.11. The Labute approximate surface area is 124 Å². The van der Waals surface area contributed by atoms with Gasteiger partial charge < -0.3 is 10.1 Å². The maximum atomic E-state index is 12.5. The molecule has 1 aliphatic rings. The van der Waals surface area contributed by atoms with Crippen LogP contribution in [-0.4, -0.2) is 34.5 Å². The number of hydrogen-bond acceptors (Lipinski definition) is 3. The Bertz CT molecular complexity index is 657. The molecule has 1 fully saturated rings. The van der Waals surface area contributed by atoms with E-state index in [4.69, 9.17) is 4.74 Å². The molecule has 1 unspecified atom stereocenters. The molecular weight excluding hydrogens is 266 g/mol. The molecule has 5 nitrogen and oxygen atoms in total. The van der Waals surface area contributed by atoms with Crippen LogP contribution in [0.4, 0.5) is 0 Å². The first-order valence-corrected chi connectivity index (χ1v) is 7.56. The highest BCUT2D eigenvalue weighted by molar-refractivity contribution is 5.94. The van der Waals surface area contributed by atoms with Gasteiger partial charge in [-0.1, -0.05) is 6.92 Å². The number of nitrogens with one attached hydrogen (secondary N) is 1. The molecule has 1 saturated heterocycles. The number of ether oxygens (including phenoxy) is 1. The smallest absolute Gasteiger partial charge is 0.270 e. The van der Waals surface area contributed by atoms with Gasteiger partial charge >= 0.3 is 0 Å². The maximum absolute atomic E-state index is 12.5. The van der Waals surface area contributed by atoms with Gasteiger partial charge in [-0.05, 0) is 43.9 Å². The molecule has 0 aliphatic carbocycles. The van der Waals surface area contributed by atoms with Gasteiger partial charge in [-0.2, -0.15) is 0 Å². The summed E-state index contributed by atoms with van der Waals surface area (Å²) in [5.74, 6) is -0.0706. The zero-order chi connectivity index (χ0) is 14.8. The third kappa shape index (κ3) is 2.78. The summed E-state index contributed by atoms with van der Waals surface area (Å²) in [6.45, 7) is 5.42. The highest BCUT2D eigenvalue weighted by atomic mass is 16.5. The van der Waals surface area contributed by atoms with Crippen molar-refractivity contribution in [2.24, 2.45) is 0 Å². The standard InChI is InChI=1S/C16H21N3O2/c1-3-13-15(16(20)17-10-12-5-4-8-21-12)19-7-6-11(2)9-14(19)18-13/h6-7,9,12H,3-5,8,10H2,1-2H3,(H,17,20). The van der Waals surface area contributed by atoms with E-state index in [-0.39, 0.29) is 12.0 Å². The van der Waals surface area contributed by atoms with Gasteiger partial charge in [0.25, 0.3) is 5.91 Å². The summed E-state index contributed by atoms with van der Waals surface area (Å²) in [6.07, 6.45) is 4.91. The minimum atomic E-state index is -0.0706. The quantitative estimate of drug-likeness (QED) is 0.937. The Balaban J connectivity index is 1.85. The number of carbonyl (C=O) groups is 1. The van der Waals surface area contributed by atoms with E-state index in [1.54, 1.807) is 0 Å². The summed E-state index contributed by atoms with van der Waals surface area (Å²) in [6, 6.07) is 3.99. The molecular formula is C16H21N3O2. The minimum absolute atomic E-state index is 0.0706. The molecule has 5 heteroatoms. The van der Waals surface area contributed by atoms with Gasteiger partial charge in [0.05, 0.1) is 11.8 Å². The summed E-state index contributed by atoms with van der Waals surface area (Å²) in [5.41, 5.74) is 3.45. The number of nitrogens with zero attached hydrogens (tertiary/aromatic N) is 2. The Morgan fingerprint density at radius 2 is 2.43 bits per heavy atom. The minimum Gasteiger partial charge on any atom is -0.376 e. The zero-order valence-corrected chi connectivity index (χ0v) is 12.6. The van der Waals surface area contributed by atoms with Gasteiger partial charge in [0.15, 0.2) is 0 Å². The van der Waals surface area contributed by atoms with E-state index in [9.17, 15) is 4.79 Å². The van der Waals surface area contributed by atoms with Crippen LogP contribution in [0.5, 0.6) is 0 Å². The normalized spacial score (nSPS) is 18.3. The summed E-state index contributed by atoms with van der Waals surface area (Å²) in [4.78, 5) is 17.1. The third-order valence-corrected chi connectivity index (χ3v) is 3.92. The van der Waals surface area contributed by atoms with Crippen molar-refractivity contribution < 1.29 is 9.53 Å². The SMILES string of the molecule is CCc1nc2cc(C)ccn2c1C(=O)NCC1CCCO1. The van der Waals surface area contributed by atoms with Crippen LogP contribution in [0.15, 0.2) is 18.3 Å². The van der Waals surface area contributed by atoms with Crippen molar-refractivity contribution in [3.05, 3.63) is 35.3 Å². The fraction of sp³-hybridized carbons (Fsp3) is 0.500. The Morgan fingerprint density at radius 3 is 3.14 bits per heavy atom. The lowest BCUT2D eigenvalue weighted by Gasteiger charge is -2.11. The van der Waals surface area contributed by atoms with Crippen molar-refractivity contribution in [3.8, 4) is 0 Å². The molecule has 0 bridgehead atoms. The topological polar surface area (TPSA) is 55.6 Å². The Morgan fingerprint density at radius 1 is 1.57 bits per heavy atom. The predicted molar refractivity (Wildman–Crippen MR) is 80.6 cm³/mol. The number of amides is 1. The first-order chi connectivity index (χ1) is 10.2. The number of pyridine rings is 1. The fourth-order valence-electron chi connectivity index (χ4n) is 2.78. The summed E-state index contributed by atoms with van der Waals surface area (Å²) in [7, 11) is 0. The zero-order valence-electron chi connectivity index (χ0n) is 12.6. The largest absolute Gasteiger partial charge is 0.376 e. The van der Waals surface area contributed by atoms with E-state index in [1.807, 2.05) is 36.6 Å². The van der Waals surface area contributed by atoms with Crippen molar-refractivity contribution in [1.82, 2.24) is 14.7 Å². The number of aromatic nitrogens is 2. The maximum Gasteiger partial charge on any atom is 0.270 e. The van der Waals surface area contributed by atoms with Gasteiger partial charge in [0.1, 0.15) is 11.3 Å². The van der Waals surface area contributed by atoms with Crippen LogP contribution >= 0.6 is 0 Å². The van der Waals surface area contributed by atoms with Crippen LogP contribution in [0.3, 0.4) is 0 Å². The van der Waals surface area contributed by atoms with Crippen molar-refractivity contribution in [2.75, 3.05) is 13.2 Å². The van der Waals surface area contributed by atoms with E-state index in [0.29, 0.717) is 12.2 Å². The number of fused-ring (bicyclic) bond motifs is 1. The Kier molecular flexibility index (Phi) is 3.92. The van der Waals surface area contributed by atoms with E-state index >= 15 is 0 Å². The molecule has 2 aromatic heterocycles. The average Bonchev–Trinajstić information content (AvgIpc) is 3.11. The van der Waals surface area contributed by atoms with Crippen LogP contribution in [-0.2, 0) is 11.2 Å². The lowest BCUT2D eigenvalue weighted by Crippen LogP contribution is -2.33. The molecule has 3 heterocycles. The van der Waals surface area contributed by atoms with E-state index in [2.05, 4.69) is 10.3 Å². The van der Waals surface area contributed by atoms with Crippen molar-refractivity contribution >= 4 is 11.6 Å². The number of imidazole rings is 1. The molecule has 1 atom stereocenters. The van der Waals surface area contributed by atoms with Crippen LogP contribution in [0.1, 0.15) is 41.5 Å². The first kappa shape index (κ1) is 14.1. The van der Waals surface area contributed by atoms with Crippen LogP contribution in [0.25, 0.3) is 5.65 Å². The lowest BCUT2D eigenvalue weighted by molar-refractivity contribution is 0.0852. The highest BCUT2D eigenvalue weighted by Gasteiger charge is 2.21. The molecule has 21 heavy (non-hydrogen) atoms. The molecule has 1 amide bonds. The van der Waals surface area contributed by atoms with Crippen LogP contribution in [0, 0.1) is 6.92 Å². The molecule has 2 aromatic rings. The molecule has 112 valence electrons. The monoisotopic (exact) mass is 287 g/mol. The molecule has 1 N–H and O–H groups in total. The van der Waals surface area contributed by atoms with Gasteiger partial charge in [-0.25, -0.2) is 4.98 Å². The Hall–Kier alpha value is -1.88. The molecule has 0 radical (unpaired) electrons. The number of aryl methyl sites for hydroxylation is 2. The molecule has 0 spiro atoms. The van der Waals surface area contributed by atoms with Gasteiger partial charge in [-0.3, -0.25) is 9.20 Å². The van der Waals surface area contributed by atoms with Crippen LogP contribution in [0.2, 0.25) is 0 Å². The van der Waals surface area contributed by atoms with Crippen LogP contribution < -0.4 is 5.32 Å². The second-order valence-electron chi connectivity index (χ2n) is 5.54. The molecule has 0 saturated carbocycles. The van der Waals surface area contributed by atoms with Crippen molar-refractivity contribution in [1.29, 1.82) is 0 Å². The third-order valence-electron chi connectivity index (χ3n) is 3.92. The van der Waals surface area contributed by atoms with E-state index in [1.165, 1.54) is 0 Å². The molecule has 0 aromatic carbocycles. The van der Waals surface area contributed by atoms with E-state index < -0.39 is 0 Å². The summed E-state index contributed by atoms with van der Waals surface area (Å²) < 4.78 is 7.42. The lowest BCUT2D eigenvalue weighted by atomic mass is 10.2.